The molecule has 0 amide bonds. The first-order valence-electron chi connectivity index (χ1n) is 8.40. The summed E-state index contributed by atoms with van der Waals surface area (Å²) in [4.78, 5) is 0.279. The van der Waals surface area contributed by atoms with Gasteiger partial charge in [-0.2, -0.15) is 0 Å². The summed E-state index contributed by atoms with van der Waals surface area (Å²) in [5.74, 6) is 1.45. The van der Waals surface area contributed by atoms with Gasteiger partial charge in [0.15, 0.2) is 0 Å². The summed E-state index contributed by atoms with van der Waals surface area (Å²) in [5.41, 5.74) is 2.10. The van der Waals surface area contributed by atoms with E-state index in [1.165, 1.54) is 0 Å². The Morgan fingerprint density at radius 2 is 1.58 bits per heavy atom. The smallest absolute Gasteiger partial charge is 0.240 e. The Balaban J connectivity index is 2.22. The van der Waals surface area contributed by atoms with Crippen LogP contribution in [-0.2, 0) is 15.4 Å². The summed E-state index contributed by atoms with van der Waals surface area (Å²) in [7, 11) is -0.429. The van der Waals surface area contributed by atoms with E-state index in [1.54, 1.807) is 33.3 Å². The number of benzene rings is 2. The molecule has 0 aliphatic rings. The molecule has 2 aromatic carbocycles. The lowest BCUT2D eigenvalue weighted by atomic mass is 9.85. The summed E-state index contributed by atoms with van der Waals surface area (Å²) in [6.07, 6.45) is 0. The molecular weight excluding hydrogens is 350 g/mol. The maximum atomic E-state index is 12.8. The van der Waals surface area contributed by atoms with E-state index in [0.29, 0.717) is 11.3 Å². The van der Waals surface area contributed by atoms with Gasteiger partial charge in [0.05, 0.1) is 19.1 Å². The SMILES string of the molecule is COc1ccc(C(C)(C)CNS(=O)(=O)c2cc(C)c(OC)cc2C)cc1. The van der Waals surface area contributed by atoms with Crippen LogP contribution in [0.1, 0.15) is 30.5 Å². The number of hydrogen-bond acceptors (Lipinski definition) is 4. The van der Waals surface area contributed by atoms with Crippen LogP contribution in [0.25, 0.3) is 0 Å². The molecule has 0 bridgehead atoms. The van der Waals surface area contributed by atoms with Crippen LogP contribution in [0.3, 0.4) is 0 Å². The minimum Gasteiger partial charge on any atom is -0.497 e. The summed E-state index contributed by atoms with van der Waals surface area (Å²) in [6, 6.07) is 11.1. The second kappa shape index (κ2) is 7.68. The van der Waals surface area contributed by atoms with E-state index in [-0.39, 0.29) is 16.9 Å². The molecule has 6 heteroatoms. The van der Waals surface area contributed by atoms with Gasteiger partial charge in [0.1, 0.15) is 11.5 Å². The first kappa shape index (κ1) is 20.3. The van der Waals surface area contributed by atoms with Crippen molar-refractivity contribution in [3.8, 4) is 11.5 Å². The lowest BCUT2D eigenvalue weighted by Crippen LogP contribution is -2.37. The van der Waals surface area contributed by atoms with Gasteiger partial charge in [0, 0.05) is 12.0 Å². The summed E-state index contributed by atoms with van der Waals surface area (Å²) in [6.45, 7) is 7.89. The van der Waals surface area contributed by atoms with E-state index in [4.69, 9.17) is 9.47 Å². The van der Waals surface area contributed by atoms with Crippen molar-refractivity contribution in [3.63, 3.8) is 0 Å². The number of ether oxygens (including phenoxy) is 2. The molecule has 0 spiro atoms. The van der Waals surface area contributed by atoms with Crippen LogP contribution in [-0.4, -0.2) is 29.2 Å². The number of sulfonamides is 1. The molecular formula is C20H27NO4S. The molecule has 0 heterocycles. The van der Waals surface area contributed by atoms with Crippen molar-refractivity contribution in [3.05, 3.63) is 53.1 Å². The number of rotatable bonds is 7. The van der Waals surface area contributed by atoms with Crippen molar-refractivity contribution < 1.29 is 17.9 Å². The first-order valence-corrected chi connectivity index (χ1v) is 9.88. The highest BCUT2D eigenvalue weighted by atomic mass is 32.2. The van der Waals surface area contributed by atoms with Gasteiger partial charge in [0.2, 0.25) is 10.0 Å². The molecule has 0 saturated heterocycles. The Morgan fingerprint density at radius 1 is 0.962 bits per heavy atom. The van der Waals surface area contributed by atoms with Crippen molar-refractivity contribution >= 4 is 10.0 Å². The molecule has 2 aromatic rings. The molecule has 26 heavy (non-hydrogen) atoms. The van der Waals surface area contributed by atoms with Crippen molar-refractivity contribution in [2.75, 3.05) is 20.8 Å². The number of nitrogens with one attached hydrogen (secondary N) is 1. The highest BCUT2D eigenvalue weighted by Gasteiger charge is 2.25. The monoisotopic (exact) mass is 377 g/mol. The molecule has 0 aliphatic heterocycles. The molecule has 142 valence electrons. The fourth-order valence-electron chi connectivity index (χ4n) is 2.77. The fraction of sp³-hybridized carbons (Fsp3) is 0.400. The molecule has 0 saturated carbocycles. The third-order valence-electron chi connectivity index (χ3n) is 4.56. The van der Waals surface area contributed by atoms with Crippen LogP contribution in [0.5, 0.6) is 11.5 Å². The minimum absolute atomic E-state index is 0.279. The molecule has 0 aromatic heterocycles. The Kier molecular flexibility index (Phi) is 5.98. The van der Waals surface area contributed by atoms with Gasteiger partial charge in [-0.25, -0.2) is 13.1 Å². The van der Waals surface area contributed by atoms with Crippen LogP contribution in [0, 0.1) is 13.8 Å². The summed E-state index contributed by atoms with van der Waals surface area (Å²) >= 11 is 0. The van der Waals surface area contributed by atoms with Gasteiger partial charge in [-0.15, -0.1) is 0 Å². The maximum absolute atomic E-state index is 12.8. The zero-order valence-electron chi connectivity index (χ0n) is 16.2. The van der Waals surface area contributed by atoms with Crippen LogP contribution >= 0.6 is 0 Å². The third kappa shape index (κ3) is 4.37. The minimum atomic E-state index is -3.62. The Bertz CT molecular complexity index is 871. The molecule has 1 N–H and O–H groups in total. The molecule has 0 radical (unpaired) electrons. The van der Waals surface area contributed by atoms with Crippen LogP contribution in [0.2, 0.25) is 0 Å². The van der Waals surface area contributed by atoms with Crippen molar-refractivity contribution in [2.24, 2.45) is 0 Å². The molecule has 0 unspecified atom stereocenters. The molecule has 0 fully saturated rings. The second-order valence-electron chi connectivity index (χ2n) is 7.02. The van der Waals surface area contributed by atoms with Gasteiger partial charge >= 0.3 is 0 Å². The average Bonchev–Trinajstić information content (AvgIpc) is 2.61. The standard InChI is InChI=1S/C20H27NO4S/c1-14-12-19(15(2)11-18(14)25-6)26(22,23)21-13-20(3,4)16-7-9-17(24-5)10-8-16/h7-12,21H,13H2,1-6H3. The Hall–Kier alpha value is -2.05. The zero-order chi connectivity index (χ0) is 19.5. The van der Waals surface area contributed by atoms with E-state index >= 15 is 0 Å². The van der Waals surface area contributed by atoms with Gasteiger partial charge < -0.3 is 9.47 Å². The second-order valence-corrected chi connectivity index (χ2v) is 8.76. The average molecular weight is 378 g/mol. The Labute approximate surface area is 156 Å². The third-order valence-corrected chi connectivity index (χ3v) is 6.10. The van der Waals surface area contributed by atoms with Gasteiger partial charge in [0.25, 0.3) is 0 Å². The predicted octanol–water partition coefficient (Wildman–Crippen LogP) is 3.58. The topological polar surface area (TPSA) is 64.6 Å². The van der Waals surface area contributed by atoms with E-state index in [9.17, 15) is 8.42 Å². The largest absolute Gasteiger partial charge is 0.497 e. The summed E-state index contributed by atoms with van der Waals surface area (Å²) < 4.78 is 38.8. The number of methoxy groups -OCH3 is 2. The lowest BCUT2D eigenvalue weighted by molar-refractivity contribution is 0.411. The van der Waals surface area contributed by atoms with Crippen molar-refractivity contribution in [1.82, 2.24) is 4.72 Å². The highest BCUT2D eigenvalue weighted by molar-refractivity contribution is 7.89. The first-order chi connectivity index (χ1) is 12.1. The highest BCUT2D eigenvalue weighted by Crippen LogP contribution is 2.28. The number of aryl methyl sites for hydroxylation is 2. The van der Waals surface area contributed by atoms with Crippen LogP contribution in [0.15, 0.2) is 41.3 Å². The van der Waals surface area contributed by atoms with Gasteiger partial charge in [-0.05, 0) is 54.8 Å². The quantitative estimate of drug-likeness (QED) is 0.801. The fourth-order valence-corrected chi connectivity index (χ4v) is 4.29. The number of hydrogen-bond donors (Lipinski definition) is 1. The van der Waals surface area contributed by atoms with Crippen molar-refractivity contribution in [1.29, 1.82) is 0 Å². The maximum Gasteiger partial charge on any atom is 0.240 e. The van der Waals surface area contributed by atoms with E-state index in [0.717, 1.165) is 16.9 Å². The van der Waals surface area contributed by atoms with Crippen LogP contribution in [0.4, 0.5) is 0 Å². The van der Waals surface area contributed by atoms with Crippen molar-refractivity contribution in [2.45, 2.75) is 38.0 Å². The lowest BCUT2D eigenvalue weighted by Gasteiger charge is -2.26. The normalized spacial score (nSPS) is 12.1. The van der Waals surface area contributed by atoms with E-state index in [1.807, 2.05) is 45.0 Å². The zero-order valence-corrected chi connectivity index (χ0v) is 17.0. The van der Waals surface area contributed by atoms with Crippen LogP contribution < -0.4 is 14.2 Å². The Morgan fingerprint density at radius 3 is 2.12 bits per heavy atom. The van der Waals surface area contributed by atoms with Gasteiger partial charge in [-0.1, -0.05) is 26.0 Å². The molecule has 5 nitrogen and oxygen atoms in total. The molecule has 2 rings (SSSR count). The predicted molar refractivity (Wildman–Crippen MR) is 104 cm³/mol. The molecule has 0 aliphatic carbocycles. The van der Waals surface area contributed by atoms with Gasteiger partial charge in [-0.3, -0.25) is 0 Å². The summed E-state index contributed by atoms with van der Waals surface area (Å²) in [5, 5.41) is 0. The van der Waals surface area contributed by atoms with E-state index in [2.05, 4.69) is 4.72 Å². The molecule has 0 atom stereocenters. The van der Waals surface area contributed by atoms with E-state index < -0.39 is 10.0 Å².